The van der Waals surface area contributed by atoms with Gasteiger partial charge in [0.25, 0.3) is 5.91 Å². The number of benzene rings is 2. The molecule has 0 bridgehead atoms. The van der Waals surface area contributed by atoms with E-state index >= 15 is 0 Å². The molecule has 2 saturated heterocycles. The minimum Gasteiger partial charge on any atom is -0.482 e. The SMILES string of the molecule is O=C(COc1ccc(S(=O)(=O)N2CCCC2)cc1Cl)N1CCN(c2ccccc2F)CC1. The Kier molecular flexibility index (Phi) is 6.88. The summed E-state index contributed by atoms with van der Waals surface area (Å²) in [5.41, 5.74) is 0.534. The van der Waals surface area contributed by atoms with Crippen molar-refractivity contribution in [1.82, 2.24) is 9.21 Å². The molecule has 0 unspecified atom stereocenters. The number of hydrogen-bond acceptors (Lipinski definition) is 5. The molecule has 0 atom stereocenters. The van der Waals surface area contributed by atoms with Crippen molar-refractivity contribution in [2.24, 2.45) is 0 Å². The first kappa shape index (κ1) is 22.8. The number of carbonyl (C=O) groups excluding carboxylic acids is 1. The van der Waals surface area contributed by atoms with Gasteiger partial charge < -0.3 is 14.5 Å². The number of halogens is 2. The molecule has 2 fully saturated rings. The van der Waals surface area contributed by atoms with Crippen LogP contribution in [0.3, 0.4) is 0 Å². The van der Waals surface area contributed by atoms with E-state index in [0.29, 0.717) is 45.0 Å². The summed E-state index contributed by atoms with van der Waals surface area (Å²) in [6.45, 7) is 2.77. The molecule has 7 nitrogen and oxygen atoms in total. The Labute approximate surface area is 192 Å². The molecule has 172 valence electrons. The highest BCUT2D eigenvalue weighted by Crippen LogP contribution is 2.30. The molecule has 10 heteroatoms. The Morgan fingerprint density at radius 1 is 1.00 bits per heavy atom. The van der Waals surface area contributed by atoms with Crippen LogP contribution in [0.5, 0.6) is 5.75 Å². The van der Waals surface area contributed by atoms with Gasteiger partial charge in [-0.25, -0.2) is 12.8 Å². The van der Waals surface area contributed by atoms with E-state index in [1.165, 1.54) is 28.6 Å². The predicted octanol–water partition coefficient (Wildman–Crippen LogP) is 2.99. The molecule has 2 aliphatic heterocycles. The lowest BCUT2D eigenvalue weighted by Crippen LogP contribution is -2.50. The lowest BCUT2D eigenvalue weighted by molar-refractivity contribution is -0.133. The third-order valence-electron chi connectivity index (χ3n) is 5.78. The fraction of sp³-hybridized carbons (Fsp3) is 0.409. The number of amides is 1. The van der Waals surface area contributed by atoms with Crippen LogP contribution < -0.4 is 9.64 Å². The lowest BCUT2D eigenvalue weighted by Gasteiger charge is -2.36. The Hall–Kier alpha value is -2.36. The number of para-hydroxylation sites is 1. The zero-order valence-corrected chi connectivity index (χ0v) is 19.1. The Morgan fingerprint density at radius 3 is 2.34 bits per heavy atom. The molecule has 1 amide bonds. The second kappa shape index (κ2) is 9.64. The topological polar surface area (TPSA) is 70.2 Å². The molecule has 0 saturated carbocycles. The van der Waals surface area contributed by atoms with Gasteiger partial charge in [-0.2, -0.15) is 4.31 Å². The van der Waals surface area contributed by atoms with Crippen LogP contribution in [0.4, 0.5) is 10.1 Å². The van der Waals surface area contributed by atoms with Gasteiger partial charge in [0, 0.05) is 39.3 Å². The number of ether oxygens (including phenoxy) is 1. The van der Waals surface area contributed by atoms with E-state index in [0.717, 1.165) is 12.8 Å². The molecule has 2 heterocycles. The van der Waals surface area contributed by atoms with Crippen molar-refractivity contribution < 1.29 is 22.3 Å². The van der Waals surface area contributed by atoms with Crippen molar-refractivity contribution >= 4 is 33.2 Å². The van der Waals surface area contributed by atoms with Crippen LogP contribution in [-0.2, 0) is 14.8 Å². The predicted molar refractivity (Wildman–Crippen MR) is 120 cm³/mol. The zero-order chi connectivity index (χ0) is 22.7. The van der Waals surface area contributed by atoms with Gasteiger partial charge in [-0.05, 0) is 43.2 Å². The average molecular weight is 482 g/mol. The van der Waals surface area contributed by atoms with Gasteiger partial charge in [-0.3, -0.25) is 4.79 Å². The normalized spacial score (nSPS) is 17.6. The first-order chi connectivity index (χ1) is 15.4. The van der Waals surface area contributed by atoms with Crippen LogP contribution >= 0.6 is 11.6 Å². The van der Waals surface area contributed by atoms with Gasteiger partial charge in [0.1, 0.15) is 11.6 Å². The Morgan fingerprint density at radius 2 is 1.69 bits per heavy atom. The summed E-state index contributed by atoms with van der Waals surface area (Å²) >= 11 is 6.24. The number of carbonyl (C=O) groups is 1. The van der Waals surface area contributed by atoms with Crippen LogP contribution in [-0.4, -0.2) is 69.4 Å². The second-order valence-electron chi connectivity index (χ2n) is 7.81. The number of piperazine rings is 1. The van der Waals surface area contributed by atoms with Crippen LogP contribution in [0.15, 0.2) is 47.4 Å². The highest BCUT2D eigenvalue weighted by atomic mass is 35.5. The highest BCUT2D eigenvalue weighted by Gasteiger charge is 2.28. The summed E-state index contributed by atoms with van der Waals surface area (Å²) in [4.78, 5) is 16.3. The number of nitrogens with zero attached hydrogens (tertiary/aromatic N) is 3. The molecule has 0 spiro atoms. The summed E-state index contributed by atoms with van der Waals surface area (Å²) in [7, 11) is -3.57. The maximum Gasteiger partial charge on any atom is 0.260 e. The summed E-state index contributed by atoms with van der Waals surface area (Å²) in [6, 6.07) is 10.9. The van der Waals surface area contributed by atoms with E-state index in [1.54, 1.807) is 23.1 Å². The standard InChI is InChI=1S/C22H25ClFN3O4S/c23-18-15-17(32(29,30)27-9-3-4-10-27)7-8-21(18)31-16-22(28)26-13-11-25(12-14-26)20-6-2-1-5-19(20)24/h1-2,5-8,15H,3-4,9-14,16H2. The molecule has 2 aromatic rings. The molecule has 0 aliphatic carbocycles. The second-order valence-corrected chi connectivity index (χ2v) is 10.2. The van der Waals surface area contributed by atoms with E-state index in [-0.39, 0.29) is 34.0 Å². The van der Waals surface area contributed by atoms with Gasteiger partial charge in [0.05, 0.1) is 15.6 Å². The molecule has 0 aromatic heterocycles. The fourth-order valence-corrected chi connectivity index (χ4v) is 5.82. The van der Waals surface area contributed by atoms with E-state index in [2.05, 4.69) is 0 Å². The van der Waals surface area contributed by atoms with Crippen LogP contribution in [0.1, 0.15) is 12.8 Å². The van der Waals surface area contributed by atoms with Crippen molar-refractivity contribution in [2.45, 2.75) is 17.7 Å². The fourth-order valence-electron chi connectivity index (χ4n) is 3.97. The molecular weight excluding hydrogens is 457 g/mol. The van der Waals surface area contributed by atoms with Crippen molar-refractivity contribution in [3.8, 4) is 5.75 Å². The van der Waals surface area contributed by atoms with Gasteiger partial charge in [0.15, 0.2) is 6.61 Å². The van der Waals surface area contributed by atoms with Gasteiger partial charge in [0.2, 0.25) is 10.0 Å². The van der Waals surface area contributed by atoms with Crippen molar-refractivity contribution in [2.75, 3.05) is 50.8 Å². The first-order valence-electron chi connectivity index (χ1n) is 10.6. The van der Waals surface area contributed by atoms with Crippen LogP contribution in [0.25, 0.3) is 0 Å². The molecule has 32 heavy (non-hydrogen) atoms. The molecule has 2 aromatic carbocycles. The minimum atomic E-state index is -3.57. The number of sulfonamides is 1. The van der Waals surface area contributed by atoms with Gasteiger partial charge in [-0.1, -0.05) is 23.7 Å². The largest absolute Gasteiger partial charge is 0.482 e. The molecule has 2 aliphatic rings. The average Bonchev–Trinajstić information content (AvgIpc) is 3.34. The summed E-state index contributed by atoms with van der Waals surface area (Å²) in [5.74, 6) is -0.228. The minimum absolute atomic E-state index is 0.118. The smallest absolute Gasteiger partial charge is 0.260 e. The van der Waals surface area contributed by atoms with Crippen molar-refractivity contribution in [3.63, 3.8) is 0 Å². The Bertz CT molecular complexity index is 1080. The molecule has 0 N–H and O–H groups in total. The number of anilines is 1. The van der Waals surface area contributed by atoms with E-state index in [1.807, 2.05) is 4.90 Å². The van der Waals surface area contributed by atoms with Gasteiger partial charge in [-0.15, -0.1) is 0 Å². The maximum absolute atomic E-state index is 14.0. The molecular formula is C22H25ClFN3O4S. The zero-order valence-electron chi connectivity index (χ0n) is 17.5. The summed E-state index contributed by atoms with van der Waals surface area (Å²) in [6.07, 6.45) is 1.70. The van der Waals surface area contributed by atoms with E-state index in [4.69, 9.17) is 16.3 Å². The van der Waals surface area contributed by atoms with E-state index < -0.39 is 10.0 Å². The van der Waals surface area contributed by atoms with Crippen molar-refractivity contribution in [3.05, 3.63) is 53.3 Å². The number of rotatable bonds is 6. The van der Waals surface area contributed by atoms with Gasteiger partial charge >= 0.3 is 0 Å². The molecule has 4 rings (SSSR count). The van der Waals surface area contributed by atoms with E-state index in [9.17, 15) is 17.6 Å². The first-order valence-corrected chi connectivity index (χ1v) is 12.4. The number of hydrogen-bond donors (Lipinski definition) is 0. The van der Waals surface area contributed by atoms with Crippen LogP contribution in [0.2, 0.25) is 5.02 Å². The highest BCUT2D eigenvalue weighted by molar-refractivity contribution is 7.89. The molecule has 0 radical (unpaired) electrons. The van der Waals surface area contributed by atoms with Crippen LogP contribution in [0, 0.1) is 5.82 Å². The monoisotopic (exact) mass is 481 g/mol. The summed E-state index contributed by atoms with van der Waals surface area (Å²) in [5, 5.41) is 0.141. The lowest BCUT2D eigenvalue weighted by atomic mass is 10.2. The maximum atomic E-state index is 14.0. The third kappa shape index (κ3) is 4.84. The third-order valence-corrected chi connectivity index (χ3v) is 7.97. The summed E-state index contributed by atoms with van der Waals surface area (Å²) < 4.78 is 46.3. The quantitative estimate of drug-likeness (QED) is 0.634. The Balaban J connectivity index is 1.32. The van der Waals surface area contributed by atoms with Crippen molar-refractivity contribution in [1.29, 1.82) is 0 Å².